The number of ether oxygens (including phenoxy) is 1. The highest BCUT2D eigenvalue weighted by Crippen LogP contribution is 2.17. The fraction of sp³-hybridized carbons (Fsp3) is 0.364. The number of carboxylic acids is 1. The predicted octanol–water partition coefficient (Wildman–Crippen LogP) is 1.44. The predicted molar refractivity (Wildman–Crippen MR) is 56.7 cm³/mol. The van der Waals surface area contributed by atoms with Crippen molar-refractivity contribution >= 4 is 12.3 Å². The second-order valence-corrected chi connectivity index (χ2v) is 3.31. The average Bonchev–Trinajstić information content (AvgIpc) is 2.26. The number of aryl methyl sites for hydroxylation is 1. The fourth-order valence-electron chi connectivity index (χ4n) is 1.21. The number of carbonyl (C=O) groups is 2. The van der Waals surface area contributed by atoms with Gasteiger partial charge in [-0.05, 0) is 25.5 Å². The van der Waals surface area contributed by atoms with E-state index < -0.39 is 12.1 Å². The SMILES string of the molecule is CCC(Oc1ccc(C)nc1C=O)C(=O)O. The van der Waals surface area contributed by atoms with Crippen LogP contribution in [0.25, 0.3) is 0 Å². The van der Waals surface area contributed by atoms with E-state index in [0.29, 0.717) is 18.4 Å². The van der Waals surface area contributed by atoms with Crippen LogP contribution in [0.3, 0.4) is 0 Å². The molecular formula is C11H13NO4. The van der Waals surface area contributed by atoms with Crippen molar-refractivity contribution < 1.29 is 19.4 Å². The van der Waals surface area contributed by atoms with Crippen molar-refractivity contribution in [1.29, 1.82) is 0 Å². The topological polar surface area (TPSA) is 76.5 Å². The fourth-order valence-corrected chi connectivity index (χ4v) is 1.21. The zero-order valence-corrected chi connectivity index (χ0v) is 9.14. The molecule has 0 saturated carbocycles. The summed E-state index contributed by atoms with van der Waals surface area (Å²) >= 11 is 0. The molecule has 1 aromatic rings. The van der Waals surface area contributed by atoms with Gasteiger partial charge >= 0.3 is 5.97 Å². The Kier molecular flexibility index (Phi) is 3.99. The van der Waals surface area contributed by atoms with Gasteiger partial charge in [-0.15, -0.1) is 0 Å². The summed E-state index contributed by atoms with van der Waals surface area (Å²) in [5.74, 6) is -0.852. The molecule has 16 heavy (non-hydrogen) atoms. The second-order valence-electron chi connectivity index (χ2n) is 3.31. The lowest BCUT2D eigenvalue weighted by Gasteiger charge is -2.14. The summed E-state index contributed by atoms with van der Waals surface area (Å²) in [4.78, 5) is 25.4. The zero-order chi connectivity index (χ0) is 12.1. The minimum atomic E-state index is -1.06. The molecule has 0 aliphatic carbocycles. The summed E-state index contributed by atoms with van der Waals surface area (Å²) in [6.07, 6.45) is -0.0819. The Balaban J connectivity index is 2.95. The number of aldehydes is 1. The van der Waals surface area contributed by atoms with Crippen LogP contribution in [-0.4, -0.2) is 28.4 Å². The number of hydrogen-bond acceptors (Lipinski definition) is 4. The Bertz CT molecular complexity index is 403. The number of nitrogens with zero attached hydrogens (tertiary/aromatic N) is 1. The first-order chi connectivity index (χ1) is 7.58. The molecule has 0 radical (unpaired) electrons. The number of rotatable bonds is 5. The van der Waals surface area contributed by atoms with Crippen LogP contribution < -0.4 is 4.74 Å². The molecule has 0 saturated heterocycles. The van der Waals surface area contributed by atoms with Gasteiger partial charge in [0, 0.05) is 5.69 Å². The third-order valence-electron chi connectivity index (χ3n) is 2.05. The summed E-state index contributed by atoms with van der Waals surface area (Å²) in [5.41, 5.74) is 0.803. The van der Waals surface area contributed by atoms with E-state index >= 15 is 0 Å². The number of aromatic nitrogens is 1. The van der Waals surface area contributed by atoms with Crippen molar-refractivity contribution in [3.05, 3.63) is 23.5 Å². The van der Waals surface area contributed by atoms with Gasteiger partial charge in [-0.1, -0.05) is 6.92 Å². The molecule has 1 rings (SSSR count). The third-order valence-corrected chi connectivity index (χ3v) is 2.05. The number of aliphatic carboxylic acids is 1. The lowest BCUT2D eigenvalue weighted by atomic mass is 10.2. The summed E-state index contributed by atoms with van der Waals surface area (Å²) < 4.78 is 5.21. The smallest absolute Gasteiger partial charge is 0.344 e. The van der Waals surface area contributed by atoms with Crippen LogP contribution in [0.2, 0.25) is 0 Å². The third kappa shape index (κ3) is 2.79. The molecule has 0 spiro atoms. The molecule has 0 aliphatic rings. The van der Waals surface area contributed by atoms with Crippen LogP contribution in [0.1, 0.15) is 29.5 Å². The Labute approximate surface area is 93.1 Å². The minimum absolute atomic E-state index is 0.125. The van der Waals surface area contributed by atoms with Gasteiger partial charge in [0.25, 0.3) is 0 Å². The zero-order valence-electron chi connectivity index (χ0n) is 9.14. The molecule has 5 nitrogen and oxygen atoms in total. The summed E-state index contributed by atoms with van der Waals surface area (Å²) in [5, 5.41) is 8.82. The minimum Gasteiger partial charge on any atom is -0.479 e. The van der Waals surface area contributed by atoms with Gasteiger partial charge in [0.1, 0.15) is 11.4 Å². The number of carboxylic acid groups (broad SMARTS) is 1. The Hall–Kier alpha value is -1.91. The van der Waals surface area contributed by atoms with Crippen molar-refractivity contribution in [3.8, 4) is 5.75 Å². The van der Waals surface area contributed by atoms with Crippen LogP contribution in [0.4, 0.5) is 0 Å². The van der Waals surface area contributed by atoms with Gasteiger partial charge in [0.15, 0.2) is 12.4 Å². The van der Waals surface area contributed by atoms with Gasteiger partial charge in [0.05, 0.1) is 0 Å². The molecule has 86 valence electrons. The van der Waals surface area contributed by atoms with Gasteiger partial charge in [-0.3, -0.25) is 4.79 Å². The maximum Gasteiger partial charge on any atom is 0.344 e. The van der Waals surface area contributed by atoms with E-state index in [1.807, 2.05) is 0 Å². The highest BCUT2D eigenvalue weighted by molar-refractivity contribution is 5.77. The number of carbonyl (C=O) groups excluding carboxylic acids is 1. The van der Waals surface area contributed by atoms with Crippen molar-refractivity contribution in [3.63, 3.8) is 0 Å². The molecule has 1 N–H and O–H groups in total. The van der Waals surface area contributed by atoms with E-state index in [1.165, 1.54) is 0 Å². The molecule has 0 bridgehead atoms. The van der Waals surface area contributed by atoms with Gasteiger partial charge in [-0.25, -0.2) is 9.78 Å². The van der Waals surface area contributed by atoms with E-state index in [-0.39, 0.29) is 11.4 Å². The average molecular weight is 223 g/mol. The highest BCUT2D eigenvalue weighted by atomic mass is 16.5. The first kappa shape index (κ1) is 12.2. The van der Waals surface area contributed by atoms with Crippen molar-refractivity contribution in [1.82, 2.24) is 4.98 Å². The first-order valence-corrected chi connectivity index (χ1v) is 4.90. The molecular weight excluding hydrogens is 210 g/mol. The largest absolute Gasteiger partial charge is 0.479 e. The Morgan fingerprint density at radius 3 is 2.81 bits per heavy atom. The van der Waals surface area contributed by atoms with E-state index in [9.17, 15) is 9.59 Å². The molecule has 5 heteroatoms. The quantitative estimate of drug-likeness (QED) is 0.764. The summed E-state index contributed by atoms with van der Waals surface area (Å²) in [7, 11) is 0. The van der Waals surface area contributed by atoms with Crippen LogP contribution >= 0.6 is 0 Å². The number of hydrogen-bond donors (Lipinski definition) is 1. The molecule has 0 fully saturated rings. The van der Waals surface area contributed by atoms with Crippen molar-refractivity contribution in [2.24, 2.45) is 0 Å². The maximum atomic E-state index is 10.8. The summed E-state index contributed by atoms with van der Waals surface area (Å²) in [6.45, 7) is 3.44. The van der Waals surface area contributed by atoms with Crippen molar-refractivity contribution in [2.75, 3.05) is 0 Å². The molecule has 0 aromatic carbocycles. The van der Waals surface area contributed by atoms with Crippen LogP contribution in [0.5, 0.6) is 5.75 Å². The van der Waals surface area contributed by atoms with E-state index in [2.05, 4.69) is 4.98 Å². The van der Waals surface area contributed by atoms with E-state index in [1.54, 1.807) is 26.0 Å². The Morgan fingerprint density at radius 1 is 1.62 bits per heavy atom. The van der Waals surface area contributed by atoms with Crippen LogP contribution in [0.15, 0.2) is 12.1 Å². The van der Waals surface area contributed by atoms with Gasteiger partial charge in [-0.2, -0.15) is 0 Å². The van der Waals surface area contributed by atoms with Gasteiger partial charge in [0.2, 0.25) is 0 Å². The summed E-state index contributed by atoms with van der Waals surface area (Å²) in [6, 6.07) is 3.22. The maximum absolute atomic E-state index is 10.8. The number of pyridine rings is 1. The normalized spacial score (nSPS) is 11.9. The standard InChI is InChI=1S/C11H13NO4/c1-3-9(11(14)15)16-10-5-4-7(2)12-8(10)6-13/h4-6,9H,3H2,1-2H3,(H,14,15). The molecule has 1 aromatic heterocycles. The molecule has 0 amide bonds. The molecule has 0 aliphatic heterocycles. The first-order valence-electron chi connectivity index (χ1n) is 4.90. The van der Waals surface area contributed by atoms with Gasteiger partial charge < -0.3 is 9.84 Å². The second kappa shape index (κ2) is 5.25. The Morgan fingerprint density at radius 2 is 2.31 bits per heavy atom. The molecule has 1 unspecified atom stereocenters. The van der Waals surface area contributed by atoms with Crippen LogP contribution in [0, 0.1) is 6.92 Å². The highest BCUT2D eigenvalue weighted by Gasteiger charge is 2.18. The van der Waals surface area contributed by atoms with Crippen molar-refractivity contribution in [2.45, 2.75) is 26.4 Å². The monoisotopic (exact) mass is 223 g/mol. The molecule has 1 atom stereocenters. The van der Waals surface area contributed by atoms with Crippen LogP contribution in [-0.2, 0) is 4.79 Å². The lowest BCUT2D eigenvalue weighted by molar-refractivity contribution is -0.145. The van der Waals surface area contributed by atoms with E-state index in [0.717, 1.165) is 0 Å². The van der Waals surface area contributed by atoms with E-state index in [4.69, 9.17) is 9.84 Å². The molecule has 1 heterocycles. The lowest BCUT2D eigenvalue weighted by Crippen LogP contribution is -2.26.